The van der Waals surface area contributed by atoms with Crippen molar-refractivity contribution in [2.45, 2.75) is 19.4 Å². The molecule has 2 aromatic carbocycles. The molecule has 0 fully saturated rings. The summed E-state index contributed by atoms with van der Waals surface area (Å²) in [5, 5.41) is 15.2. The number of carbonyl (C=O) groups is 2. The maximum Gasteiger partial charge on any atom is 0.340 e. The van der Waals surface area contributed by atoms with Crippen molar-refractivity contribution in [3.63, 3.8) is 0 Å². The van der Waals surface area contributed by atoms with Crippen LogP contribution < -0.4 is 10.6 Å². The number of methoxy groups -OCH3 is 1. The molecule has 0 spiro atoms. The molecule has 1 amide bonds. The molecule has 168 valence electrons. The molecule has 2 N–H and O–H groups in total. The lowest BCUT2D eigenvalue weighted by Gasteiger charge is -2.19. The Morgan fingerprint density at radius 2 is 1.85 bits per heavy atom. The predicted molar refractivity (Wildman–Crippen MR) is 128 cm³/mol. The van der Waals surface area contributed by atoms with Crippen molar-refractivity contribution in [3.05, 3.63) is 75.9 Å². The largest absolute Gasteiger partial charge is 0.465 e. The number of carbonyl (C=O) groups excluding carboxylic acids is 2. The van der Waals surface area contributed by atoms with E-state index in [0.717, 1.165) is 11.1 Å². The number of hydrogen-bond acceptors (Lipinski definition) is 6. The normalized spacial score (nSPS) is 11.2. The fraction of sp³-hybridized carbons (Fsp3) is 0.167. The Hall–Kier alpha value is -3.60. The first-order valence-corrected chi connectivity index (χ1v) is 10.7. The summed E-state index contributed by atoms with van der Waals surface area (Å²) in [6.07, 6.45) is 1.23. The van der Waals surface area contributed by atoms with Crippen molar-refractivity contribution < 1.29 is 14.3 Å². The van der Waals surface area contributed by atoms with E-state index >= 15 is 0 Å². The third-order valence-corrected chi connectivity index (χ3v) is 5.51. The summed E-state index contributed by atoms with van der Waals surface area (Å²) in [6.45, 7) is 1.93. The van der Waals surface area contributed by atoms with E-state index < -0.39 is 11.9 Å². The quantitative estimate of drug-likeness (QED) is 0.408. The number of hydrogen-bond donors (Lipinski definition) is 2. The van der Waals surface area contributed by atoms with E-state index in [4.69, 9.17) is 33.2 Å². The smallest absolute Gasteiger partial charge is 0.340 e. The van der Waals surface area contributed by atoms with Gasteiger partial charge in [0.25, 0.3) is 0 Å². The molecule has 0 saturated heterocycles. The van der Waals surface area contributed by atoms with Crippen molar-refractivity contribution in [2.75, 3.05) is 17.7 Å². The first-order chi connectivity index (χ1) is 15.8. The lowest BCUT2D eigenvalue weighted by atomic mass is 9.97. The minimum absolute atomic E-state index is 0.198. The van der Waals surface area contributed by atoms with Gasteiger partial charge in [0.05, 0.1) is 34.8 Å². The zero-order valence-corrected chi connectivity index (χ0v) is 19.4. The van der Waals surface area contributed by atoms with Gasteiger partial charge in [0.1, 0.15) is 12.1 Å². The van der Waals surface area contributed by atoms with Gasteiger partial charge in [-0.1, -0.05) is 59.6 Å². The maximum absolute atomic E-state index is 12.2. The number of esters is 1. The van der Waals surface area contributed by atoms with Gasteiger partial charge in [0.2, 0.25) is 5.91 Å². The number of nitriles is 1. The number of benzene rings is 2. The molecular formula is C24H20Cl2N4O3. The van der Waals surface area contributed by atoms with Crippen LogP contribution in [0.25, 0.3) is 11.1 Å². The van der Waals surface area contributed by atoms with Crippen LogP contribution in [0.5, 0.6) is 0 Å². The minimum Gasteiger partial charge on any atom is -0.465 e. The number of amides is 1. The summed E-state index contributed by atoms with van der Waals surface area (Å²) in [7, 11) is 1.31. The van der Waals surface area contributed by atoms with Crippen LogP contribution in [-0.4, -0.2) is 24.0 Å². The Morgan fingerprint density at radius 3 is 2.52 bits per heavy atom. The van der Waals surface area contributed by atoms with E-state index in [1.165, 1.54) is 13.3 Å². The molecule has 0 aliphatic carbocycles. The number of halogens is 2. The fourth-order valence-corrected chi connectivity index (χ4v) is 3.68. The summed E-state index contributed by atoms with van der Waals surface area (Å²) in [5.41, 5.74) is 3.02. The first kappa shape index (κ1) is 24.1. The van der Waals surface area contributed by atoms with Crippen molar-refractivity contribution in [3.8, 4) is 17.2 Å². The second kappa shape index (κ2) is 10.8. The number of pyridine rings is 1. The second-order valence-corrected chi connectivity index (χ2v) is 7.86. The molecule has 0 saturated carbocycles. The molecule has 3 aromatic rings. The maximum atomic E-state index is 12.2. The lowest BCUT2D eigenvalue weighted by Crippen LogP contribution is -2.15. The second-order valence-electron chi connectivity index (χ2n) is 7.04. The first-order valence-electron chi connectivity index (χ1n) is 9.90. The van der Waals surface area contributed by atoms with Gasteiger partial charge in [-0.25, -0.2) is 9.78 Å². The number of aromatic nitrogens is 1. The van der Waals surface area contributed by atoms with Gasteiger partial charge in [0.15, 0.2) is 5.82 Å². The highest BCUT2D eigenvalue weighted by molar-refractivity contribution is 6.34. The molecule has 0 aliphatic rings. The van der Waals surface area contributed by atoms with Crippen molar-refractivity contribution >= 4 is 46.6 Å². The van der Waals surface area contributed by atoms with Crippen molar-refractivity contribution in [1.29, 1.82) is 5.26 Å². The Kier molecular flexibility index (Phi) is 7.88. The monoisotopic (exact) mass is 482 g/mol. The molecule has 1 heterocycles. The average molecular weight is 483 g/mol. The van der Waals surface area contributed by atoms with Gasteiger partial charge < -0.3 is 15.4 Å². The average Bonchev–Trinajstić information content (AvgIpc) is 2.81. The van der Waals surface area contributed by atoms with Gasteiger partial charge in [-0.05, 0) is 35.7 Å². The van der Waals surface area contributed by atoms with Crippen molar-refractivity contribution in [2.24, 2.45) is 0 Å². The van der Waals surface area contributed by atoms with E-state index in [2.05, 4.69) is 15.6 Å². The zero-order valence-electron chi connectivity index (χ0n) is 17.9. The van der Waals surface area contributed by atoms with E-state index in [0.29, 0.717) is 32.7 Å². The van der Waals surface area contributed by atoms with E-state index in [9.17, 15) is 9.59 Å². The van der Waals surface area contributed by atoms with Gasteiger partial charge in [-0.2, -0.15) is 5.26 Å². The van der Waals surface area contributed by atoms with Gasteiger partial charge in [0, 0.05) is 6.20 Å². The number of nitrogens with zero attached hydrogens (tertiary/aromatic N) is 2. The highest BCUT2D eigenvalue weighted by atomic mass is 35.5. The predicted octanol–water partition coefficient (Wildman–Crippen LogP) is 5.87. The summed E-state index contributed by atoms with van der Waals surface area (Å²) in [4.78, 5) is 28.4. The standard InChI is InChI=1S/C24H20Cl2N4O3/c1-14(29-23-22(19(26)11-13-28-23)30-20(31)10-12-27)15-6-8-16(9-7-15)17-4-3-5-18(25)21(17)24(32)33-2/h3-9,11,13-14H,10H2,1-2H3,(H,28,29)(H,30,31). The molecule has 33 heavy (non-hydrogen) atoms. The molecule has 3 rings (SSSR count). The minimum atomic E-state index is -0.507. The molecule has 0 bridgehead atoms. The number of rotatable bonds is 7. The van der Waals surface area contributed by atoms with Crippen LogP contribution in [0.3, 0.4) is 0 Å². The van der Waals surface area contributed by atoms with Crippen LogP contribution >= 0.6 is 23.2 Å². The van der Waals surface area contributed by atoms with Crippen LogP contribution in [0.15, 0.2) is 54.7 Å². The van der Waals surface area contributed by atoms with Gasteiger partial charge in [-0.15, -0.1) is 0 Å². The molecular weight excluding hydrogens is 463 g/mol. The van der Waals surface area contributed by atoms with Crippen LogP contribution in [0.4, 0.5) is 11.5 Å². The topological polar surface area (TPSA) is 104 Å². The molecule has 0 radical (unpaired) electrons. The Bertz CT molecular complexity index is 1220. The highest BCUT2D eigenvalue weighted by Gasteiger charge is 2.18. The van der Waals surface area contributed by atoms with Crippen LogP contribution in [0, 0.1) is 11.3 Å². The zero-order chi connectivity index (χ0) is 24.0. The fourth-order valence-electron chi connectivity index (χ4n) is 3.24. The lowest BCUT2D eigenvalue weighted by molar-refractivity contribution is -0.115. The number of nitrogens with one attached hydrogen (secondary N) is 2. The Labute approximate surface area is 201 Å². The van der Waals surface area contributed by atoms with Gasteiger partial charge in [-0.3, -0.25) is 4.79 Å². The Morgan fingerprint density at radius 1 is 1.12 bits per heavy atom. The number of anilines is 2. The van der Waals surface area contributed by atoms with Crippen LogP contribution in [0.2, 0.25) is 10.0 Å². The molecule has 0 aliphatic heterocycles. The van der Waals surface area contributed by atoms with Crippen LogP contribution in [-0.2, 0) is 9.53 Å². The summed E-state index contributed by atoms with van der Waals surface area (Å²) >= 11 is 12.5. The summed E-state index contributed by atoms with van der Waals surface area (Å²) in [6, 6.07) is 16.0. The SMILES string of the molecule is COC(=O)c1c(Cl)cccc1-c1ccc(C(C)Nc2nccc(Cl)c2NC(=O)CC#N)cc1. The van der Waals surface area contributed by atoms with E-state index in [1.54, 1.807) is 30.3 Å². The molecule has 7 nitrogen and oxygen atoms in total. The van der Waals surface area contributed by atoms with Gasteiger partial charge >= 0.3 is 5.97 Å². The van der Waals surface area contributed by atoms with E-state index in [-0.39, 0.29) is 12.5 Å². The summed E-state index contributed by atoms with van der Waals surface area (Å²) in [5.74, 6) is -0.601. The number of ether oxygens (including phenoxy) is 1. The molecule has 1 unspecified atom stereocenters. The Balaban J connectivity index is 1.85. The van der Waals surface area contributed by atoms with Crippen molar-refractivity contribution in [1.82, 2.24) is 4.98 Å². The highest BCUT2D eigenvalue weighted by Crippen LogP contribution is 2.33. The third kappa shape index (κ3) is 5.61. The molecule has 1 atom stereocenters. The molecule has 9 heteroatoms. The third-order valence-electron chi connectivity index (χ3n) is 4.88. The summed E-state index contributed by atoms with van der Waals surface area (Å²) < 4.78 is 4.87. The van der Waals surface area contributed by atoms with Crippen LogP contribution in [0.1, 0.15) is 35.3 Å². The molecule has 1 aromatic heterocycles. The van der Waals surface area contributed by atoms with E-state index in [1.807, 2.05) is 31.2 Å².